The van der Waals surface area contributed by atoms with Crippen LogP contribution < -0.4 is 9.47 Å². The summed E-state index contributed by atoms with van der Waals surface area (Å²) in [5, 5.41) is 0. The SMILES string of the molecule is O=C(c1cccc(OC(F)(F)F)c1)N1CCCN2C[C@@H](Oc3cnc(C4CC4)cn3)C[C@@H]2C1. The third-order valence-corrected chi connectivity index (χ3v) is 6.33. The number of ether oxygens (including phenoxy) is 2. The van der Waals surface area contributed by atoms with Crippen LogP contribution in [-0.2, 0) is 0 Å². The summed E-state index contributed by atoms with van der Waals surface area (Å²) in [5.41, 5.74) is 1.20. The van der Waals surface area contributed by atoms with Crippen LogP contribution in [0.1, 0.15) is 47.7 Å². The minimum absolute atomic E-state index is 0.0466. The molecule has 2 aliphatic heterocycles. The van der Waals surface area contributed by atoms with E-state index in [4.69, 9.17) is 4.74 Å². The van der Waals surface area contributed by atoms with Crippen molar-refractivity contribution in [2.45, 2.75) is 50.1 Å². The molecule has 2 aromatic rings. The van der Waals surface area contributed by atoms with E-state index in [1.807, 2.05) is 0 Å². The molecule has 1 saturated carbocycles. The average molecular weight is 462 g/mol. The zero-order chi connectivity index (χ0) is 23.0. The monoisotopic (exact) mass is 462 g/mol. The first kappa shape index (κ1) is 21.9. The molecule has 0 N–H and O–H groups in total. The van der Waals surface area contributed by atoms with Crippen molar-refractivity contribution in [3.63, 3.8) is 0 Å². The molecule has 10 heteroatoms. The van der Waals surface area contributed by atoms with Crippen LogP contribution in [0.4, 0.5) is 13.2 Å². The summed E-state index contributed by atoms with van der Waals surface area (Å²) < 4.78 is 47.6. The molecule has 0 unspecified atom stereocenters. The average Bonchev–Trinajstić information content (AvgIpc) is 3.58. The van der Waals surface area contributed by atoms with Crippen molar-refractivity contribution in [3.8, 4) is 11.6 Å². The van der Waals surface area contributed by atoms with Crippen LogP contribution in [-0.4, -0.2) is 70.4 Å². The number of carbonyl (C=O) groups is 1. The molecular formula is C23H25F3N4O3. The molecule has 1 aromatic heterocycles. The minimum Gasteiger partial charge on any atom is -0.472 e. The normalized spacial score (nSPS) is 23.7. The lowest BCUT2D eigenvalue weighted by Gasteiger charge is -2.25. The Morgan fingerprint density at radius 2 is 1.94 bits per heavy atom. The highest BCUT2D eigenvalue weighted by Crippen LogP contribution is 2.38. The van der Waals surface area contributed by atoms with Gasteiger partial charge in [-0.05, 0) is 37.5 Å². The van der Waals surface area contributed by atoms with Gasteiger partial charge < -0.3 is 14.4 Å². The Bertz CT molecular complexity index is 997. The smallest absolute Gasteiger partial charge is 0.472 e. The summed E-state index contributed by atoms with van der Waals surface area (Å²) in [7, 11) is 0. The summed E-state index contributed by atoms with van der Waals surface area (Å²) >= 11 is 0. The van der Waals surface area contributed by atoms with Gasteiger partial charge in [0.05, 0.1) is 18.1 Å². The molecule has 3 aliphatic rings. The van der Waals surface area contributed by atoms with Gasteiger partial charge in [-0.3, -0.25) is 14.7 Å². The molecule has 1 amide bonds. The van der Waals surface area contributed by atoms with E-state index in [-0.39, 0.29) is 23.6 Å². The second kappa shape index (κ2) is 8.81. The third-order valence-electron chi connectivity index (χ3n) is 6.33. The quantitative estimate of drug-likeness (QED) is 0.676. The Morgan fingerprint density at radius 3 is 2.67 bits per heavy atom. The van der Waals surface area contributed by atoms with Crippen LogP contribution in [0.5, 0.6) is 11.6 Å². The number of amides is 1. The largest absolute Gasteiger partial charge is 0.573 e. The van der Waals surface area contributed by atoms with Crippen LogP contribution in [0.2, 0.25) is 0 Å². The maximum absolute atomic E-state index is 13.0. The van der Waals surface area contributed by atoms with E-state index in [0.717, 1.165) is 37.7 Å². The molecule has 3 heterocycles. The lowest BCUT2D eigenvalue weighted by molar-refractivity contribution is -0.274. The van der Waals surface area contributed by atoms with Crippen molar-refractivity contribution < 1.29 is 27.4 Å². The van der Waals surface area contributed by atoms with Crippen molar-refractivity contribution >= 4 is 5.91 Å². The van der Waals surface area contributed by atoms with Gasteiger partial charge >= 0.3 is 6.36 Å². The van der Waals surface area contributed by atoms with Gasteiger partial charge in [0.1, 0.15) is 11.9 Å². The lowest BCUT2D eigenvalue weighted by Crippen LogP contribution is -2.39. The van der Waals surface area contributed by atoms with E-state index < -0.39 is 12.1 Å². The molecule has 2 atom stereocenters. The van der Waals surface area contributed by atoms with Gasteiger partial charge in [-0.1, -0.05) is 6.07 Å². The maximum atomic E-state index is 13.0. The fourth-order valence-electron chi connectivity index (χ4n) is 4.64. The molecular weight excluding hydrogens is 437 g/mol. The van der Waals surface area contributed by atoms with E-state index in [1.165, 1.54) is 31.0 Å². The number of hydrogen-bond acceptors (Lipinski definition) is 6. The highest BCUT2D eigenvalue weighted by molar-refractivity contribution is 5.94. The summed E-state index contributed by atoms with van der Waals surface area (Å²) in [4.78, 5) is 25.9. The number of hydrogen-bond donors (Lipinski definition) is 0. The van der Waals surface area contributed by atoms with Gasteiger partial charge in [0.2, 0.25) is 5.88 Å². The number of halogens is 3. The molecule has 0 radical (unpaired) electrons. The van der Waals surface area contributed by atoms with E-state index in [9.17, 15) is 18.0 Å². The Balaban J connectivity index is 1.21. The van der Waals surface area contributed by atoms with Crippen LogP contribution >= 0.6 is 0 Å². The zero-order valence-electron chi connectivity index (χ0n) is 18.0. The van der Waals surface area contributed by atoms with Gasteiger partial charge in [0, 0.05) is 50.1 Å². The molecule has 3 fully saturated rings. The minimum atomic E-state index is -4.80. The predicted molar refractivity (Wildman–Crippen MR) is 112 cm³/mol. The summed E-state index contributed by atoms with van der Waals surface area (Å²) in [6.07, 6.45) is 2.49. The Hall–Kier alpha value is -2.88. The number of nitrogens with zero attached hydrogens (tertiary/aromatic N) is 4. The van der Waals surface area contributed by atoms with E-state index in [0.29, 0.717) is 24.9 Å². The first-order valence-corrected chi connectivity index (χ1v) is 11.2. The molecule has 33 heavy (non-hydrogen) atoms. The molecule has 2 saturated heterocycles. The Labute approximate surface area is 189 Å². The molecule has 176 valence electrons. The van der Waals surface area contributed by atoms with E-state index in [2.05, 4.69) is 19.6 Å². The van der Waals surface area contributed by atoms with Crippen molar-refractivity contribution in [1.82, 2.24) is 19.8 Å². The highest BCUT2D eigenvalue weighted by atomic mass is 19.4. The number of carbonyl (C=O) groups excluding carboxylic acids is 1. The van der Waals surface area contributed by atoms with Crippen LogP contribution in [0, 0.1) is 0 Å². The summed E-state index contributed by atoms with van der Waals surface area (Å²) in [6, 6.07) is 5.36. The van der Waals surface area contributed by atoms with Crippen molar-refractivity contribution in [2.75, 3.05) is 26.2 Å². The first-order valence-electron chi connectivity index (χ1n) is 11.2. The van der Waals surface area contributed by atoms with Crippen molar-refractivity contribution in [3.05, 3.63) is 47.9 Å². The first-order chi connectivity index (χ1) is 15.8. The fourth-order valence-corrected chi connectivity index (χ4v) is 4.64. The lowest BCUT2D eigenvalue weighted by atomic mass is 10.1. The standard InChI is InChI=1S/C23H25F3N4O3/c24-23(25,26)33-18-4-1-3-16(9-18)22(31)30-8-2-7-29-14-19(10-17(29)13-30)32-21-12-27-20(11-28-21)15-5-6-15/h1,3-4,9,11-12,15,17,19H,2,5-8,10,13-14H2/t17-,19+/m1/s1. The Morgan fingerprint density at radius 1 is 1.09 bits per heavy atom. The molecule has 0 spiro atoms. The van der Waals surface area contributed by atoms with Gasteiger partial charge in [0.15, 0.2) is 0 Å². The summed E-state index contributed by atoms with van der Waals surface area (Å²) in [5.74, 6) is 0.361. The number of rotatable bonds is 5. The molecule has 0 bridgehead atoms. The zero-order valence-corrected chi connectivity index (χ0v) is 18.0. The highest BCUT2D eigenvalue weighted by Gasteiger charge is 2.37. The topological polar surface area (TPSA) is 67.8 Å². The van der Waals surface area contributed by atoms with Crippen LogP contribution in [0.3, 0.4) is 0 Å². The predicted octanol–water partition coefficient (Wildman–Crippen LogP) is 3.62. The second-order valence-electron chi connectivity index (χ2n) is 8.86. The number of aromatic nitrogens is 2. The number of fused-ring (bicyclic) bond motifs is 1. The van der Waals surface area contributed by atoms with Gasteiger partial charge in [-0.2, -0.15) is 0 Å². The fraction of sp³-hybridized carbons (Fsp3) is 0.522. The maximum Gasteiger partial charge on any atom is 0.573 e. The van der Waals surface area contributed by atoms with Crippen molar-refractivity contribution in [1.29, 1.82) is 0 Å². The van der Waals surface area contributed by atoms with Crippen molar-refractivity contribution in [2.24, 2.45) is 0 Å². The van der Waals surface area contributed by atoms with E-state index >= 15 is 0 Å². The van der Waals surface area contributed by atoms with Gasteiger partial charge in [-0.15, -0.1) is 13.2 Å². The van der Waals surface area contributed by atoms with Crippen LogP contribution in [0.15, 0.2) is 36.7 Å². The molecule has 5 rings (SSSR count). The molecule has 7 nitrogen and oxygen atoms in total. The molecule has 1 aromatic carbocycles. The molecule has 1 aliphatic carbocycles. The second-order valence-corrected chi connectivity index (χ2v) is 8.86. The number of benzene rings is 1. The summed E-state index contributed by atoms with van der Waals surface area (Å²) in [6.45, 7) is 2.62. The van der Waals surface area contributed by atoms with Crippen LogP contribution in [0.25, 0.3) is 0 Å². The van der Waals surface area contributed by atoms with Gasteiger partial charge in [-0.25, -0.2) is 4.98 Å². The van der Waals surface area contributed by atoms with E-state index in [1.54, 1.807) is 17.3 Å². The third kappa shape index (κ3) is 5.38. The van der Waals surface area contributed by atoms with Gasteiger partial charge in [0.25, 0.3) is 5.91 Å². The number of alkyl halides is 3. The Kier molecular flexibility index (Phi) is 5.86.